The highest BCUT2D eigenvalue weighted by Crippen LogP contribution is 2.37. The Bertz CT molecular complexity index is 748. The predicted molar refractivity (Wildman–Crippen MR) is 115 cm³/mol. The largest absolute Gasteiger partial charge is 0.478 e. The van der Waals surface area contributed by atoms with Gasteiger partial charge in [-0.15, -0.1) is 0 Å². The zero-order chi connectivity index (χ0) is 20.8. The predicted octanol–water partition coefficient (Wildman–Crippen LogP) is 5.37. The Labute approximate surface area is 170 Å². The van der Waals surface area contributed by atoms with Crippen molar-refractivity contribution in [2.75, 3.05) is 7.11 Å². The molecule has 4 nitrogen and oxygen atoms in total. The Morgan fingerprint density at radius 3 is 2.11 bits per heavy atom. The van der Waals surface area contributed by atoms with Crippen LogP contribution in [0.5, 0.6) is 5.75 Å². The van der Waals surface area contributed by atoms with Crippen LogP contribution in [0.15, 0.2) is 54.6 Å². The van der Waals surface area contributed by atoms with E-state index >= 15 is 0 Å². The average Bonchev–Trinajstić information content (AvgIpc) is 2.66. The molecular weight excluding hydrogens is 368 g/mol. The summed E-state index contributed by atoms with van der Waals surface area (Å²) < 4.78 is 17.1. The van der Waals surface area contributed by atoms with Crippen molar-refractivity contribution in [2.24, 2.45) is 0 Å². The lowest BCUT2D eigenvalue weighted by Crippen LogP contribution is -2.40. The molecule has 0 fully saturated rings. The van der Waals surface area contributed by atoms with E-state index < -0.39 is 14.4 Å². The maximum absolute atomic E-state index is 12.1. The van der Waals surface area contributed by atoms with Gasteiger partial charge in [-0.3, -0.25) is 0 Å². The molecule has 0 saturated carbocycles. The van der Waals surface area contributed by atoms with E-state index in [0.717, 1.165) is 11.1 Å². The summed E-state index contributed by atoms with van der Waals surface area (Å²) in [4.78, 5) is 12.1. The summed E-state index contributed by atoms with van der Waals surface area (Å²) in [5.41, 5.74) is 2.12. The SMILES string of the molecule is COC(=O)C(Cc1ccccc1)Oc1ccc(CO[Si](C)(C)C(C)(C)C)cc1. The fraction of sp³-hybridized carbons (Fsp3) is 0.435. The van der Waals surface area contributed by atoms with Crippen LogP contribution in [-0.2, 0) is 27.0 Å². The van der Waals surface area contributed by atoms with E-state index in [2.05, 4.69) is 33.9 Å². The van der Waals surface area contributed by atoms with Gasteiger partial charge in [0.05, 0.1) is 13.7 Å². The van der Waals surface area contributed by atoms with Crippen molar-refractivity contribution in [1.29, 1.82) is 0 Å². The lowest BCUT2D eigenvalue weighted by atomic mass is 10.1. The van der Waals surface area contributed by atoms with Crippen molar-refractivity contribution in [3.8, 4) is 5.75 Å². The van der Waals surface area contributed by atoms with E-state index in [9.17, 15) is 4.79 Å². The third-order valence-electron chi connectivity index (χ3n) is 5.34. The van der Waals surface area contributed by atoms with Crippen LogP contribution in [0.25, 0.3) is 0 Å². The smallest absolute Gasteiger partial charge is 0.347 e. The topological polar surface area (TPSA) is 44.8 Å². The van der Waals surface area contributed by atoms with Crippen LogP contribution in [0.2, 0.25) is 18.1 Å². The number of carbonyl (C=O) groups excluding carboxylic acids is 1. The maximum Gasteiger partial charge on any atom is 0.347 e. The molecule has 0 radical (unpaired) electrons. The summed E-state index contributed by atoms with van der Waals surface area (Å²) in [6.07, 6.45) is -0.217. The highest BCUT2D eigenvalue weighted by atomic mass is 28.4. The molecule has 5 heteroatoms. The van der Waals surface area contributed by atoms with E-state index in [0.29, 0.717) is 18.8 Å². The Hall–Kier alpha value is -2.11. The summed E-state index contributed by atoms with van der Waals surface area (Å²) in [5.74, 6) is 0.261. The van der Waals surface area contributed by atoms with Crippen molar-refractivity contribution in [1.82, 2.24) is 0 Å². The normalized spacial score (nSPS) is 13.1. The molecule has 0 amide bonds. The molecule has 0 N–H and O–H groups in total. The van der Waals surface area contributed by atoms with Gasteiger partial charge >= 0.3 is 5.97 Å². The molecule has 152 valence electrons. The van der Waals surface area contributed by atoms with Crippen LogP contribution in [-0.4, -0.2) is 27.5 Å². The fourth-order valence-electron chi connectivity index (χ4n) is 2.44. The first-order valence-corrected chi connectivity index (χ1v) is 12.5. The van der Waals surface area contributed by atoms with Crippen LogP contribution < -0.4 is 4.74 Å². The Morgan fingerprint density at radius 1 is 0.964 bits per heavy atom. The molecular formula is C23H32O4Si. The van der Waals surface area contributed by atoms with Crippen molar-refractivity contribution >= 4 is 14.3 Å². The number of ether oxygens (including phenoxy) is 2. The molecule has 28 heavy (non-hydrogen) atoms. The van der Waals surface area contributed by atoms with Crippen LogP contribution >= 0.6 is 0 Å². The first-order valence-electron chi connectivity index (χ1n) is 9.64. The number of rotatable bonds is 8. The number of hydrogen-bond donors (Lipinski definition) is 0. The van der Waals surface area contributed by atoms with E-state index in [1.165, 1.54) is 7.11 Å². The van der Waals surface area contributed by atoms with Gasteiger partial charge in [0.15, 0.2) is 14.4 Å². The molecule has 0 aromatic heterocycles. The van der Waals surface area contributed by atoms with Gasteiger partial charge < -0.3 is 13.9 Å². The van der Waals surface area contributed by atoms with E-state index in [4.69, 9.17) is 13.9 Å². The number of carbonyl (C=O) groups is 1. The van der Waals surface area contributed by atoms with Gasteiger partial charge in [-0.1, -0.05) is 63.2 Å². The zero-order valence-electron chi connectivity index (χ0n) is 17.8. The minimum absolute atomic E-state index is 0.182. The maximum atomic E-state index is 12.1. The fourth-order valence-corrected chi connectivity index (χ4v) is 3.40. The minimum Gasteiger partial charge on any atom is -0.478 e. The molecule has 1 atom stereocenters. The van der Waals surface area contributed by atoms with E-state index in [1.807, 2.05) is 54.6 Å². The first-order chi connectivity index (χ1) is 13.1. The van der Waals surface area contributed by atoms with Gasteiger partial charge in [-0.2, -0.15) is 0 Å². The zero-order valence-corrected chi connectivity index (χ0v) is 18.8. The van der Waals surface area contributed by atoms with E-state index in [-0.39, 0.29) is 11.0 Å². The lowest BCUT2D eigenvalue weighted by Gasteiger charge is -2.36. The van der Waals surface area contributed by atoms with Gasteiger partial charge in [-0.05, 0) is 41.4 Å². The van der Waals surface area contributed by atoms with Crippen molar-refractivity contribution in [3.63, 3.8) is 0 Å². The Kier molecular flexibility index (Phi) is 7.44. The van der Waals surface area contributed by atoms with Gasteiger partial charge in [0, 0.05) is 6.42 Å². The monoisotopic (exact) mass is 400 g/mol. The molecule has 0 saturated heterocycles. The first kappa shape index (κ1) is 22.2. The molecule has 0 spiro atoms. The minimum atomic E-state index is -1.78. The van der Waals surface area contributed by atoms with Crippen LogP contribution in [0.1, 0.15) is 31.9 Å². The second kappa shape index (κ2) is 9.39. The van der Waals surface area contributed by atoms with E-state index in [1.54, 1.807) is 0 Å². The quantitative estimate of drug-likeness (QED) is 0.441. The summed E-state index contributed by atoms with van der Waals surface area (Å²) in [5, 5.41) is 0.182. The number of methoxy groups -OCH3 is 1. The summed E-state index contributed by atoms with van der Waals surface area (Å²) in [6, 6.07) is 17.5. The number of hydrogen-bond acceptors (Lipinski definition) is 4. The molecule has 2 aromatic rings. The van der Waals surface area contributed by atoms with Crippen LogP contribution in [0.3, 0.4) is 0 Å². The van der Waals surface area contributed by atoms with Crippen molar-refractivity contribution in [2.45, 2.75) is 58.0 Å². The molecule has 0 aliphatic carbocycles. The highest BCUT2D eigenvalue weighted by molar-refractivity contribution is 6.74. The Morgan fingerprint density at radius 2 is 1.57 bits per heavy atom. The lowest BCUT2D eigenvalue weighted by molar-refractivity contribution is -0.148. The number of esters is 1. The Balaban J connectivity index is 2.01. The van der Waals surface area contributed by atoms with Gasteiger partial charge in [-0.25, -0.2) is 4.79 Å². The van der Waals surface area contributed by atoms with Gasteiger partial charge in [0.25, 0.3) is 0 Å². The molecule has 0 heterocycles. The highest BCUT2D eigenvalue weighted by Gasteiger charge is 2.37. The third-order valence-corrected chi connectivity index (χ3v) is 9.81. The summed E-state index contributed by atoms with van der Waals surface area (Å²) in [6.45, 7) is 11.8. The molecule has 0 aliphatic heterocycles. The van der Waals surface area contributed by atoms with Gasteiger partial charge in [0.1, 0.15) is 5.75 Å². The molecule has 2 aromatic carbocycles. The van der Waals surface area contributed by atoms with Crippen molar-refractivity contribution < 1.29 is 18.7 Å². The molecule has 2 rings (SSSR count). The van der Waals surface area contributed by atoms with Crippen LogP contribution in [0.4, 0.5) is 0 Å². The summed E-state index contributed by atoms with van der Waals surface area (Å²) >= 11 is 0. The average molecular weight is 401 g/mol. The molecule has 1 unspecified atom stereocenters. The van der Waals surface area contributed by atoms with Crippen LogP contribution in [0, 0.1) is 0 Å². The third kappa shape index (κ3) is 6.21. The standard InChI is InChI=1S/C23H32O4Si/c1-23(2,3)28(5,6)26-17-19-12-14-20(15-13-19)27-21(22(24)25-4)16-18-10-8-7-9-11-18/h7-15,21H,16-17H2,1-6H3. The van der Waals surface area contributed by atoms with Crippen molar-refractivity contribution in [3.05, 3.63) is 65.7 Å². The molecule has 0 aliphatic rings. The summed E-state index contributed by atoms with van der Waals surface area (Å²) in [7, 11) is -0.403. The second-order valence-electron chi connectivity index (χ2n) is 8.51. The number of benzene rings is 2. The molecule has 0 bridgehead atoms. The second-order valence-corrected chi connectivity index (χ2v) is 13.3. The van der Waals surface area contributed by atoms with Gasteiger partial charge in [0.2, 0.25) is 0 Å².